The third-order valence-electron chi connectivity index (χ3n) is 2.94. The summed E-state index contributed by atoms with van der Waals surface area (Å²) in [5, 5.41) is 8.19. The maximum atomic E-state index is 11.7. The fourth-order valence-corrected chi connectivity index (χ4v) is 2.33. The van der Waals surface area contributed by atoms with Gasteiger partial charge >= 0.3 is 5.97 Å². The third-order valence-corrected chi connectivity index (χ3v) is 4.06. The van der Waals surface area contributed by atoms with Gasteiger partial charge in [-0.15, -0.1) is 11.8 Å². The van der Waals surface area contributed by atoms with E-state index in [1.54, 1.807) is 6.92 Å². The Morgan fingerprint density at radius 1 is 1.44 bits per heavy atom. The highest BCUT2D eigenvalue weighted by Gasteiger charge is 2.21. The molecule has 92 valence electrons. The number of hydrogen-bond acceptors (Lipinski definition) is 3. The van der Waals surface area contributed by atoms with Gasteiger partial charge in [-0.05, 0) is 25.7 Å². The van der Waals surface area contributed by atoms with Crippen molar-refractivity contribution in [1.82, 2.24) is 4.90 Å². The highest BCUT2D eigenvalue weighted by Crippen LogP contribution is 2.18. The summed E-state index contributed by atoms with van der Waals surface area (Å²) in [5.74, 6) is 0.201. The van der Waals surface area contributed by atoms with Crippen molar-refractivity contribution in [2.24, 2.45) is 5.92 Å². The molecule has 0 aromatic carbocycles. The van der Waals surface area contributed by atoms with E-state index < -0.39 is 11.2 Å². The van der Waals surface area contributed by atoms with E-state index in [1.165, 1.54) is 11.8 Å². The maximum absolute atomic E-state index is 11.7. The van der Waals surface area contributed by atoms with Gasteiger partial charge in [0, 0.05) is 13.1 Å². The average molecular weight is 245 g/mol. The molecule has 1 heterocycles. The van der Waals surface area contributed by atoms with Crippen LogP contribution < -0.4 is 0 Å². The molecule has 16 heavy (non-hydrogen) atoms. The van der Waals surface area contributed by atoms with Crippen molar-refractivity contribution in [3.05, 3.63) is 0 Å². The lowest BCUT2D eigenvalue weighted by Crippen LogP contribution is -2.39. The predicted octanol–water partition coefficient (Wildman–Crippen LogP) is 1.45. The molecule has 1 fully saturated rings. The van der Waals surface area contributed by atoms with Gasteiger partial charge in [0.2, 0.25) is 5.91 Å². The standard InChI is InChI=1S/C11H19NO3S/c1-8-3-5-12(6-4-8)10(13)7-16-9(2)11(14)15/h8-9H,3-7H2,1-2H3,(H,14,15). The van der Waals surface area contributed by atoms with Crippen LogP contribution in [0, 0.1) is 5.92 Å². The van der Waals surface area contributed by atoms with Crippen molar-refractivity contribution in [3.8, 4) is 0 Å². The molecular formula is C11H19NO3S. The van der Waals surface area contributed by atoms with Gasteiger partial charge in [0.25, 0.3) is 0 Å². The molecule has 1 aliphatic rings. The Labute approximate surface area is 100 Å². The Kier molecular flexibility index (Phi) is 5.12. The lowest BCUT2D eigenvalue weighted by atomic mass is 9.99. The highest BCUT2D eigenvalue weighted by molar-refractivity contribution is 8.01. The molecule has 0 saturated carbocycles. The zero-order valence-electron chi connectivity index (χ0n) is 9.81. The molecule has 1 amide bonds. The Morgan fingerprint density at radius 3 is 2.50 bits per heavy atom. The molecular weight excluding hydrogens is 226 g/mol. The number of piperidine rings is 1. The first kappa shape index (κ1) is 13.4. The van der Waals surface area contributed by atoms with E-state index in [-0.39, 0.29) is 11.7 Å². The number of carbonyl (C=O) groups excluding carboxylic acids is 1. The highest BCUT2D eigenvalue weighted by atomic mass is 32.2. The van der Waals surface area contributed by atoms with Gasteiger partial charge in [0.1, 0.15) is 0 Å². The first-order chi connectivity index (χ1) is 7.50. The summed E-state index contributed by atoms with van der Waals surface area (Å²) >= 11 is 1.20. The molecule has 0 radical (unpaired) electrons. The second-order valence-corrected chi connectivity index (χ2v) is 5.68. The predicted molar refractivity (Wildman–Crippen MR) is 64.5 cm³/mol. The summed E-state index contributed by atoms with van der Waals surface area (Å²) in [5.41, 5.74) is 0. The zero-order chi connectivity index (χ0) is 12.1. The molecule has 0 bridgehead atoms. The van der Waals surface area contributed by atoms with Gasteiger partial charge < -0.3 is 10.0 Å². The minimum Gasteiger partial charge on any atom is -0.480 e. The number of thioether (sulfide) groups is 1. The Balaban J connectivity index is 2.27. The largest absolute Gasteiger partial charge is 0.480 e. The minimum atomic E-state index is -0.856. The van der Waals surface area contributed by atoms with E-state index in [4.69, 9.17) is 5.11 Å². The first-order valence-corrected chi connectivity index (χ1v) is 6.67. The number of carboxylic acids is 1. The number of likely N-dealkylation sites (tertiary alicyclic amines) is 1. The number of hydrogen-bond donors (Lipinski definition) is 1. The molecule has 0 aromatic rings. The summed E-state index contributed by atoms with van der Waals surface area (Å²) in [7, 11) is 0. The van der Waals surface area contributed by atoms with Crippen molar-refractivity contribution in [3.63, 3.8) is 0 Å². The summed E-state index contributed by atoms with van der Waals surface area (Å²) in [6.45, 7) is 5.45. The molecule has 1 N–H and O–H groups in total. The number of nitrogens with zero attached hydrogens (tertiary/aromatic N) is 1. The number of carboxylic acid groups (broad SMARTS) is 1. The van der Waals surface area contributed by atoms with E-state index in [9.17, 15) is 9.59 Å². The lowest BCUT2D eigenvalue weighted by Gasteiger charge is -2.30. The fraction of sp³-hybridized carbons (Fsp3) is 0.818. The molecule has 1 rings (SSSR count). The van der Waals surface area contributed by atoms with Crippen LogP contribution in [0.15, 0.2) is 0 Å². The molecule has 0 aromatic heterocycles. The molecule has 1 saturated heterocycles. The normalized spacial score (nSPS) is 19.5. The van der Waals surface area contributed by atoms with Crippen LogP contribution in [-0.2, 0) is 9.59 Å². The maximum Gasteiger partial charge on any atom is 0.316 e. The van der Waals surface area contributed by atoms with Gasteiger partial charge in [0.05, 0.1) is 11.0 Å². The van der Waals surface area contributed by atoms with E-state index in [0.29, 0.717) is 5.92 Å². The summed E-state index contributed by atoms with van der Waals surface area (Å²) in [4.78, 5) is 24.2. The molecule has 0 spiro atoms. The van der Waals surface area contributed by atoms with Crippen LogP contribution in [0.3, 0.4) is 0 Å². The molecule has 1 unspecified atom stereocenters. The second kappa shape index (κ2) is 6.13. The van der Waals surface area contributed by atoms with Crippen molar-refractivity contribution in [1.29, 1.82) is 0 Å². The van der Waals surface area contributed by atoms with Crippen molar-refractivity contribution >= 4 is 23.6 Å². The topological polar surface area (TPSA) is 57.6 Å². The van der Waals surface area contributed by atoms with Crippen LogP contribution in [0.4, 0.5) is 0 Å². The van der Waals surface area contributed by atoms with Crippen LogP contribution >= 0.6 is 11.8 Å². The van der Waals surface area contributed by atoms with E-state index in [1.807, 2.05) is 4.90 Å². The van der Waals surface area contributed by atoms with Crippen LogP contribution in [0.1, 0.15) is 26.7 Å². The van der Waals surface area contributed by atoms with Crippen molar-refractivity contribution in [2.75, 3.05) is 18.8 Å². The second-order valence-electron chi connectivity index (χ2n) is 4.35. The number of aliphatic carboxylic acids is 1. The molecule has 5 heteroatoms. The quantitative estimate of drug-likeness (QED) is 0.814. The lowest BCUT2D eigenvalue weighted by molar-refractivity contribution is -0.136. The number of rotatable bonds is 4. The fourth-order valence-electron chi connectivity index (χ4n) is 1.62. The molecule has 1 aliphatic heterocycles. The van der Waals surface area contributed by atoms with Gasteiger partial charge in [-0.1, -0.05) is 6.92 Å². The molecule has 4 nitrogen and oxygen atoms in total. The van der Waals surface area contributed by atoms with Crippen molar-refractivity contribution in [2.45, 2.75) is 31.9 Å². The summed E-state index contributed by atoms with van der Waals surface area (Å²) < 4.78 is 0. The van der Waals surface area contributed by atoms with Crippen LogP contribution in [0.25, 0.3) is 0 Å². The van der Waals surface area contributed by atoms with Crippen LogP contribution in [0.2, 0.25) is 0 Å². The SMILES string of the molecule is CC1CCN(C(=O)CSC(C)C(=O)O)CC1. The van der Waals surface area contributed by atoms with Gasteiger partial charge in [0.15, 0.2) is 0 Å². The van der Waals surface area contributed by atoms with E-state index in [0.717, 1.165) is 25.9 Å². The van der Waals surface area contributed by atoms with Crippen molar-refractivity contribution < 1.29 is 14.7 Å². The Morgan fingerprint density at radius 2 is 2.00 bits per heavy atom. The monoisotopic (exact) mass is 245 g/mol. The average Bonchev–Trinajstić information content (AvgIpc) is 2.26. The smallest absolute Gasteiger partial charge is 0.316 e. The van der Waals surface area contributed by atoms with Crippen LogP contribution in [-0.4, -0.2) is 46.0 Å². The number of carbonyl (C=O) groups is 2. The van der Waals surface area contributed by atoms with E-state index in [2.05, 4.69) is 6.92 Å². The summed E-state index contributed by atoms with van der Waals surface area (Å²) in [6.07, 6.45) is 2.12. The van der Waals surface area contributed by atoms with Gasteiger partial charge in [-0.3, -0.25) is 9.59 Å². The molecule has 0 aliphatic carbocycles. The number of amides is 1. The molecule has 1 atom stereocenters. The summed E-state index contributed by atoms with van der Waals surface area (Å²) in [6, 6.07) is 0. The Bertz CT molecular complexity index is 262. The van der Waals surface area contributed by atoms with Gasteiger partial charge in [-0.25, -0.2) is 0 Å². The Hall–Kier alpha value is -0.710. The third kappa shape index (κ3) is 4.04. The first-order valence-electron chi connectivity index (χ1n) is 5.63. The zero-order valence-corrected chi connectivity index (χ0v) is 10.6. The van der Waals surface area contributed by atoms with Crippen LogP contribution in [0.5, 0.6) is 0 Å². The van der Waals surface area contributed by atoms with Gasteiger partial charge in [-0.2, -0.15) is 0 Å². The van der Waals surface area contributed by atoms with E-state index >= 15 is 0 Å². The minimum absolute atomic E-state index is 0.0741.